The lowest BCUT2D eigenvalue weighted by molar-refractivity contribution is -0.133. The van der Waals surface area contributed by atoms with Gasteiger partial charge in [0, 0.05) is 51.3 Å². The molecular formula is C14H24ClN3O. The quantitative estimate of drug-likeness (QED) is 0.781. The summed E-state index contributed by atoms with van der Waals surface area (Å²) in [5.41, 5.74) is 1.58. The van der Waals surface area contributed by atoms with Crippen LogP contribution in [-0.4, -0.2) is 73.0 Å². The Morgan fingerprint density at radius 2 is 1.58 bits per heavy atom. The highest BCUT2D eigenvalue weighted by molar-refractivity contribution is 6.25. The van der Waals surface area contributed by atoms with Gasteiger partial charge in [0.15, 0.2) is 0 Å². The number of likely N-dealkylation sites (tertiary alicyclic amines) is 1. The highest BCUT2D eigenvalue weighted by Gasteiger charge is 2.22. The standard InChI is InChI=1S/C14H24ClN3O/c15-5-4-6-16-9-11-17(12-10-16)13-14(19)18-7-2-1-3-8-18/h4-5H,1-3,6-13H2/b5-4+. The molecule has 2 aliphatic rings. The second-order valence-electron chi connectivity index (χ2n) is 5.38. The van der Waals surface area contributed by atoms with E-state index in [9.17, 15) is 4.79 Å². The summed E-state index contributed by atoms with van der Waals surface area (Å²) < 4.78 is 0. The molecule has 5 heteroatoms. The highest BCUT2D eigenvalue weighted by Crippen LogP contribution is 2.10. The summed E-state index contributed by atoms with van der Waals surface area (Å²) in [6.07, 6.45) is 5.58. The number of carbonyl (C=O) groups is 1. The van der Waals surface area contributed by atoms with Crippen LogP contribution in [0.4, 0.5) is 0 Å². The predicted molar refractivity (Wildman–Crippen MR) is 78.3 cm³/mol. The number of amides is 1. The molecule has 0 aromatic carbocycles. The molecule has 0 aromatic heterocycles. The molecule has 1 amide bonds. The van der Waals surface area contributed by atoms with E-state index in [1.54, 1.807) is 5.54 Å². The molecular weight excluding hydrogens is 262 g/mol. The van der Waals surface area contributed by atoms with Gasteiger partial charge in [-0.2, -0.15) is 0 Å². The second-order valence-corrected chi connectivity index (χ2v) is 5.63. The van der Waals surface area contributed by atoms with Crippen molar-refractivity contribution in [2.75, 3.05) is 52.4 Å². The third-order valence-electron chi connectivity index (χ3n) is 3.99. The van der Waals surface area contributed by atoms with Crippen LogP contribution in [0.5, 0.6) is 0 Å². The first kappa shape index (κ1) is 14.8. The third-order valence-corrected chi connectivity index (χ3v) is 4.16. The van der Waals surface area contributed by atoms with Gasteiger partial charge in [-0.1, -0.05) is 17.7 Å². The highest BCUT2D eigenvalue weighted by atomic mass is 35.5. The Kier molecular flexibility index (Phi) is 6.14. The van der Waals surface area contributed by atoms with E-state index >= 15 is 0 Å². The predicted octanol–water partition coefficient (Wildman–Crippen LogP) is 1.37. The first-order chi connectivity index (χ1) is 9.29. The van der Waals surface area contributed by atoms with E-state index in [1.807, 2.05) is 11.0 Å². The maximum absolute atomic E-state index is 12.2. The lowest BCUT2D eigenvalue weighted by Crippen LogP contribution is -2.50. The summed E-state index contributed by atoms with van der Waals surface area (Å²) in [4.78, 5) is 18.8. The molecule has 2 saturated heterocycles. The average molecular weight is 286 g/mol. The number of halogens is 1. The van der Waals surface area contributed by atoms with Crippen molar-refractivity contribution in [3.63, 3.8) is 0 Å². The van der Waals surface area contributed by atoms with Gasteiger partial charge in [0.2, 0.25) is 5.91 Å². The minimum atomic E-state index is 0.314. The van der Waals surface area contributed by atoms with E-state index in [-0.39, 0.29) is 0 Å². The van der Waals surface area contributed by atoms with Gasteiger partial charge < -0.3 is 4.90 Å². The van der Waals surface area contributed by atoms with Gasteiger partial charge in [-0.05, 0) is 19.3 Å². The molecule has 0 spiro atoms. The summed E-state index contributed by atoms with van der Waals surface area (Å²) in [6, 6.07) is 0. The zero-order valence-corrected chi connectivity index (χ0v) is 12.3. The van der Waals surface area contributed by atoms with Crippen LogP contribution in [0.3, 0.4) is 0 Å². The lowest BCUT2D eigenvalue weighted by atomic mass is 10.1. The Morgan fingerprint density at radius 1 is 0.947 bits per heavy atom. The largest absolute Gasteiger partial charge is 0.342 e. The minimum absolute atomic E-state index is 0.314. The van der Waals surface area contributed by atoms with E-state index in [0.717, 1.165) is 45.8 Å². The van der Waals surface area contributed by atoms with Crippen LogP contribution >= 0.6 is 11.6 Å². The van der Waals surface area contributed by atoms with Crippen molar-refractivity contribution in [3.8, 4) is 0 Å². The van der Waals surface area contributed by atoms with Gasteiger partial charge in [-0.25, -0.2) is 0 Å². The topological polar surface area (TPSA) is 26.8 Å². The summed E-state index contributed by atoms with van der Waals surface area (Å²) in [6.45, 7) is 7.43. The van der Waals surface area contributed by atoms with Crippen LogP contribution in [0.2, 0.25) is 0 Å². The molecule has 0 radical (unpaired) electrons. The summed E-state index contributed by atoms with van der Waals surface area (Å²) in [5, 5.41) is 0. The number of piperidine rings is 1. The molecule has 2 aliphatic heterocycles. The van der Waals surface area contributed by atoms with Crippen LogP contribution in [-0.2, 0) is 4.79 Å². The smallest absolute Gasteiger partial charge is 0.236 e. The van der Waals surface area contributed by atoms with Crippen LogP contribution in [0, 0.1) is 0 Å². The maximum atomic E-state index is 12.2. The van der Waals surface area contributed by atoms with E-state index in [1.165, 1.54) is 19.3 Å². The average Bonchev–Trinajstić information content (AvgIpc) is 2.47. The lowest BCUT2D eigenvalue weighted by Gasteiger charge is -2.35. The molecule has 2 rings (SSSR count). The van der Waals surface area contributed by atoms with E-state index in [2.05, 4.69) is 9.80 Å². The van der Waals surface area contributed by atoms with Crippen LogP contribution in [0.1, 0.15) is 19.3 Å². The normalized spacial score (nSPS) is 23.1. The first-order valence-corrected chi connectivity index (χ1v) is 7.71. The zero-order valence-electron chi connectivity index (χ0n) is 11.6. The molecule has 0 atom stereocenters. The van der Waals surface area contributed by atoms with Crippen LogP contribution in [0.15, 0.2) is 11.6 Å². The third kappa shape index (κ3) is 4.79. The molecule has 0 N–H and O–H groups in total. The van der Waals surface area contributed by atoms with E-state index in [0.29, 0.717) is 12.5 Å². The minimum Gasteiger partial charge on any atom is -0.342 e. The Hall–Kier alpha value is -0.580. The van der Waals surface area contributed by atoms with Crippen molar-refractivity contribution in [1.29, 1.82) is 0 Å². The fourth-order valence-corrected chi connectivity index (χ4v) is 2.83. The first-order valence-electron chi connectivity index (χ1n) is 7.27. The number of hydrogen-bond donors (Lipinski definition) is 0. The van der Waals surface area contributed by atoms with Gasteiger partial charge in [0.25, 0.3) is 0 Å². The summed E-state index contributed by atoms with van der Waals surface area (Å²) in [7, 11) is 0. The monoisotopic (exact) mass is 285 g/mol. The molecule has 0 aliphatic carbocycles. The van der Waals surface area contributed by atoms with Crippen molar-refractivity contribution in [2.45, 2.75) is 19.3 Å². The molecule has 108 valence electrons. The maximum Gasteiger partial charge on any atom is 0.236 e. The number of piperazine rings is 1. The van der Waals surface area contributed by atoms with E-state index < -0.39 is 0 Å². The summed E-state index contributed by atoms with van der Waals surface area (Å²) >= 11 is 5.54. The number of rotatable bonds is 4. The number of hydrogen-bond acceptors (Lipinski definition) is 3. The van der Waals surface area contributed by atoms with Crippen molar-refractivity contribution in [2.24, 2.45) is 0 Å². The van der Waals surface area contributed by atoms with Gasteiger partial charge in [-0.3, -0.25) is 14.6 Å². The SMILES string of the molecule is O=C(CN1CCN(C/C=C/Cl)CC1)N1CCCCC1. The van der Waals surface area contributed by atoms with E-state index in [4.69, 9.17) is 11.6 Å². The van der Waals surface area contributed by atoms with Gasteiger partial charge in [0.05, 0.1) is 6.54 Å². The number of carbonyl (C=O) groups excluding carboxylic acids is 1. The molecule has 0 saturated carbocycles. The number of nitrogens with zero attached hydrogens (tertiary/aromatic N) is 3. The molecule has 4 nitrogen and oxygen atoms in total. The molecule has 0 unspecified atom stereocenters. The van der Waals surface area contributed by atoms with Crippen LogP contribution in [0.25, 0.3) is 0 Å². The zero-order chi connectivity index (χ0) is 13.5. The Morgan fingerprint density at radius 3 is 2.21 bits per heavy atom. The van der Waals surface area contributed by atoms with Crippen LogP contribution < -0.4 is 0 Å². The molecule has 0 bridgehead atoms. The molecule has 2 heterocycles. The molecule has 2 fully saturated rings. The van der Waals surface area contributed by atoms with Crippen molar-refractivity contribution < 1.29 is 4.79 Å². The fourth-order valence-electron chi connectivity index (χ4n) is 2.75. The van der Waals surface area contributed by atoms with Crippen molar-refractivity contribution in [1.82, 2.24) is 14.7 Å². The van der Waals surface area contributed by atoms with Crippen molar-refractivity contribution in [3.05, 3.63) is 11.6 Å². The van der Waals surface area contributed by atoms with Gasteiger partial charge in [0.1, 0.15) is 0 Å². The fraction of sp³-hybridized carbons (Fsp3) is 0.786. The second kappa shape index (κ2) is 7.88. The molecule has 0 aromatic rings. The summed E-state index contributed by atoms with van der Waals surface area (Å²) in [5.74, 6) is 0.314. The van der Waals surface area contributed by atoms with Crippen molar-refractivity contribution >= 4 is 17.5 Å². The van der Waals surface area contributed by atoms with Gasteiger partial charge in [-0.15, -0.1) is 0 Å². The Labute approximate surface area is 121 Å². The van der Waals surface area contributed by atoms with Gasteiger partial charge >= 0.3 is 0 Å². The Balaban J connectivity index is 1.68. The molecule has 19 heavy (non-hydrogen) atoms. The Bertz CT molecular complexity index is 308.